The van der Waals surface area contributed by atoms with E-state index in [-0.39, 0.29) is 23.4 Å². The summed E-state index contributed by atoms with van der Waals surface area (Å²) < 4.78 is 62.7. The summed E-state index contributed by atoms with van der Waals surface area (Å²) in [5.41, 5.74) is 0.385. The van der Waals surface area contributed by atoms with Crippen molar-refractivity contribution in [1.29, 1.82) is 0 Å². The van der Waals surface area contributed by atoms with E-state index >= 15 is 0 Å². The molecule has 1 saturated heterocycles. The molecule has 37 heavy (non-hydrogen) atoms. The second-order valence-electron chi connectivity index (χ2n) is 8.79. The fourth-order valence-corrected chi connectivity index (χ4v) is 7.30. The van der Waals surface area contributed by atoms with Gasteiger partial charge in [-0.3, -0.25) is 18.4 Å². The highest BCUT2D eigenvalue weighted by Crippen LogP contribution is 2.52. The molecule has 202 valence electrons. The van der Waals surface area contributed by atoms with Crippen LogP contribution >= 0.6 is 22.2 Å². The quantitative estimate of drug-likeness (QED) is 0.343. The Morgan fingerprint density at radius 1 is 1.14 bits per heavy atom. The number of anilines is 1. The van der Waals surface area contributed by atoms with Crippen molar-refractivity contribution in [2.45, 2.75) is 37.4 Å². The van der Waals surface area contributed by atoms with E-state index in [1.54, 1.807) is 32.0 Å². The molecule has 1 fully saturated rings. The first-order valence-electron chi connectivity index (χ1n) is 11.4. The van der Waals surface area contributed by atoms with Crippen LogP contribution in [0.2, 0.25) is 5.02 Å². The molecule has 1 unspecified atom stereocenters. The number of halogens is 1. The van der Waals surface area contributed by atoms with Crippen molar-refractivity contribution in [3.8, 4) is 17.2 Å². The van der Waals surface area contributed by atoms with Gasteiger partial charge >= 0.3 is 0 Å². The Balaban J connectivity index is 1.78. The fraction of sp³-hybridized carbons (Fsp3) is 0.455. The van der Waals surface area contributed by atoms with Crippen LogP contribution in [0.15, 0.2) is 30.6 Å². The average Bonchev–Trinajstić information content (AvgIpc) is 3.44. The molecule has 3 aromatic rings. The lowest BCUT2D eigenvalue weighted by Crippen LogP contribution is -2.31. The molecule has 0 saturated carbocycles. The second kappa shape index (κ2) is 10.6. The molecule has 1 aromatic carbocycles. The van der Waals surface area contributed by atoms with Crippen LogP contribution < -0.4 is 14.2 Å². The molecule has 0 amide bonds. The molecule has 3 heterocycles. The Hall–Kier alpha value is -2.65. The van der Waals surface area contributed by atoms with Crippen LogP contribution in [-0.2, 0) is 10.0 Å². The highest BCUT2D eigenvalue weighted by Gasteiger charge is 2.37. The number of nitrogens with one attached hydrogen (secondary N) is 1. The van der Waals surface area contributed by atoms with Gasteiger partial charge in [0.05, 0.1) is 24.5 Å². The maximum atomic E-state index is 13.5. The summed E-state index contributed by atoms with van der Waals surface area (Å²) in [6.07, 6.45) is 3.28. The van der Waals surface area contributed by atoms with E-state index in [2.05, 4.69) is 24.9 Å². The first-order valence-corrected chi connectivity index (χ1v) is 15.2. The van der Waals surface area contributed by atoms with Gasteiger partial charge in [0.1, 0.15) is 28.8 Å². The number of hydrogen-bond donors (Lipinski definition) is 3. The Kier molecular flexibility index (Phi) is 7.85. The minimum atomic E-state index is -4.04. The number of ether oxygens (including phenoxy) is 2. The topological polar surface area (TPSA) is 162 Å². The van der Waals surface area contributed by atoms with Gasteiger partial charge in [-0.15, -0.1) is 10.2 Å². The average molecular weight is 573 g/mol. The molecule has 1 aliphatic rings. The number of sulfonamides is 1. The van der Waals surface area contributed by atoms with Gasteiger partial charge in [-0.2, -0.15) is 10.6 Å². The monoisotopic (exact) mass is 572 g/mol. The molecule has 15 heteroatoms. The van der Waals surface area contributed by atoms with Gasteiger partial charge in [-0.25, -0.2) is 18.4 Å². The zero-order chi connectivity index (χ0) is 27.0. The number of nitrogens with zero attached hydrogens (tertiary/aromatic N) is 5. The van der Waals surface area contributed by atoms with Gasteiger partial charge in [0.2, 0.25) is 16.0 Å². The van der Waals surface area contributed by atoms with Gasteiger partial charge in [-0.1, -0.05) is 24.6 Å². The van der Waals surface area contributed by atoms with Gasteiger partial charge in [0.25, 0.3) is 0 Å². The smallest absolute Gasteiger partial charge is 0.243 e. The van der Waals surface area contributed by atoms with Crippen molar-refractivity contribution in [2.75, 3.05) is 30.4 Å². The molecule has 3 atom stereocenters. The first kappa shape index (κ1) is 27.4. The Labute approximate surface area is 221 Å². The summed E-state index contributed by atoms with van der Waals surface area (Å²) in [6, 6.07) is 5.13. The summed E-state index contributed by atoms with van der Waals surface area (Å²) in [5, 5.41) is 7.82. The number of methoxy groups -OCH3 is 2. The van der Waals surface area contributed by atoms with Crippen molar-refractivity contribution >= 4 is 38.2 Å². The second-order valence-corrected chi connectivity index (χ2v) is 13.6. The number of hydrogen-bond acceptors (Lipinski definition) is 10. The van der Waals surface area contributed by atoms with E-state index in [0.717, 1.165) is 0 Å². The first-order chi connectivity index (χ1) is 17.5. The summed E-state index contributed by atoms with van der Waals surface area (Å²) in [5.74, 6) is 0.756. The summed E-state index contributed by atoms with van der Waals surface area (Å²) in [4.78, 5) is 8.31. The van der Waals surface area contributed by atoms with E-state index in [1.165, 1.54) is 31.2 Å². The summed E-state index contributed by atoms with van der Waals surface area (Å²) in [7, 11) is -3.84. The number of rotatable bonds is 9. The van der Waals surface area contributed by atoms with E-state index in [9.17, 15) is 17.5 Å². The predicted octanol–water partition coefficient (Wildman–Crippen LogP) is 3.90. The molecule has 3 N–H and O–H groups in total. The van der Waals surface area contributed by atoms with Crippen molar-refractivity contribution < 1.29 is 27.0 Å². The van der Waals surface area contributed by atoms with Gasteiger partial charge in [-0.05, 0) is 25.5 Å². The minimum absolute atomic E-state index is 0.0859. The lowest BCUT2D eigenvalue weighted by molar-refractivity contribution is 0.390. The van der Waals surface area contributed by atoms with Crippen molar-refractivity contribution in [3.63, 3.8) is 0 Å². The molecule has 0 spiro atoms. The third-order valence-electron chi connectivity index (χ3n) is 6.41. The van der Waals surface area contributed by atoms with E-state index < -0.39 is 31.8 Å². The zero-order valence-corrected chi connectivity index (χ0v) is 23.1. The lowest BCUT2D eigenvalue weighted by Gasteiger charge is -2.26. The number of para-hydroxylation sites is 1. The molecule has 4 rings (SSSR count). The van der Waals surface area contributed by atoms with Crippen LogP contribution in [0.25, 0.3) is 5.69 Å². The Morgan fingerprint density at radius 2 is 1.76 bits per heavy atom. The Morgan fingerprint density at radius 3 is 2.30 bits per heavy atom. The van der Waals surface area contributed by atoms with Crippen molar-refractivity contribution in [1.82, 2.24) is 24.7 Å². The van der Waals surface area contributed by atoms with Crippen LogP contribution in [0.4, 0.5) is 5.95 Å². The fourth-order valence-electron chi connectivity index (χ4n) is 4.18. The van der Waals surface area contributed by atoms with E-state index in [4.69, 9.17) is 21.1 Å². The molecule has 0 bridgehead atoms. The van der Waals surface area contributed by atoms with Gasteiger partial charge in [0.15, 0.2) is 0 Å². The highest BCUT2D eigenvalue weighted by atomic mass is 35.5. The van der Waals surface area contributed by atoms with Crippen molar-refractivity contribution in [3.05, 3.63) is 47.3 Å². The third-order valence-corrected chi connectivity index (χ3v) is 10.3. The van der Waals surface area contributed by atoms with Crippen LogP contribution in [0.5, 0.6) is 11.5 Å². The molecular formula is C22H29ClN6O6S2. The normalized spacial score (nSPS) is 19.7. The molecule has 12 nitrogen and oxygen atoms in total. The largest absolute Gasteiger partial charge is 0.494 e. The lowest BCUT2D eigenvalue weighted by atomic mass is 10.1. The van der Waals surface area contributed by atoms with Crippen LogP contribution in [-0.4, -0.2) is 73.2 Å². The summed E-state index contributed by atoms with van der Waals surface area (Å²) in [6.45, 7) is 3.25. The number of aromatic nitrogens is 5. The zero-order valence-electron chi connectivity index (χ0n) is 20.7. The SMILES string of the molecule is COc1cccc(OC)c1-n1c(NS(=O)(=O)[C@@H](C)[C@H](C)c2ncc(Cl)cn2)nnc1C1CCS(O)(O)C1. The molecule has 2 aromatic heterocycles. The molecule has 0 radical (unpaired) electrons. The predicted molar refractivity (Wildman–Crippen MR) is 142 cm³/mol. The maximum absolute atomic E-state index is 13.5. The molecule has 1 aliphatic heterocycles. The molecule has 0 aliphatic carbocycles. The minimum Gasteiger partial charge on any atom is -0.494 e. The van der Waals surface area contributed by atoms with E-state index in [1.807, 2.05) is 0 Å². The van der Waals surface area contributed by atoms with Gasteiger partial charge < -0.3 is 9.47 Å². The van der Waals surface area contributed by atoms with Crippen LogP contribution in [0.3, 0.4) is 0 Å². The standard InChI is InChI=1S/C22H29ClN6O6S2/c1-13(20-24-10-16(23)11-25-20)14(2)37(32,33)28-22-27-26-21(15-8-9-36(30,31)12-15)29(22)19-17(34-3)6-5-7-18(19)35-4/h5-7,10-11,13-15,30-31H,8-9,12H2,1-4H3,(H,27,28)/t13-,14-,15?/m0/s1. The van der Waals surface area contributed by atoms with Crippen LogP contribution in [0.1, 0.15) is 43.8 Å². The van der Waals surface area contributed by atoms with Crippen molar-refractivity contribution in [2.24, 2.45) is 0 Å². The third kappa shape index (κ3) is 5.62. The summed E-state index contributed by atoms with van der Waals surface area (Å²) >= 11 is 5.87. The molecular weight excluding hydrogens is 544 g/mol. The Bertz CT molecular complexity index is 1350. The highest BCUT2D eigenvalue weighted by molar-refractivity contribution is 8.24. The van der Waals surface area contributed by atoms with Gasteiger partial charge in [0, 0.05) is 35.7 Å². The number of benzene rings is 1. The maximum Gasteiger partial charge on any atom is 0.243 e. The van der Waals surface area contributed by atoms with E-state index in [0.29, 0.717) is 40.3 Å². The van der Waals surface area contributed by atoms with Crippen LogP contribution in [0, 0.1) is 0 Å².